The lowest BCUT2D eigenvalue weighted by molar-refractivity contribution is 0.290. The van der Waals surface area contributed by atoms with E-state index in [2.05, 4.69) is 14.9 Å². The highest BCUT2D eigenvalue weighted by Crippen LogP contribution is 2.41. The Kier molecular flexibility index (Phi) is 4.98. The highest BCUT2D eigenvalue weighted by molar-refractivity contribution is 7.09. The van der Waals surface area contributed by atoms with Crippen molar-refractivity contribution in [3.8, 4) is 5.88 Å². The van der Waals surface area contributed by atoms with E-state index in [1.165, 1.54) is 16.0 Å². The van der Waals surface area contributed by atoms with Gasteiger partial charge < -0.3 is 4.74 Å². The number of rotatable bonds is 5. The van der Waals surface area contributed by atoms with Gasteiger partial charge in [-0.15, -0.1) is 11.3 Å². The molecule has 1 atom stereocenters. The maximum Gasteiger partial charge on any atom is 0.332 e. The third kappa shape index (κ3) is 3.49. The van der Waals surface area contributed by atoms with Crippen molar-refractivity contribution >= 4 is 11.3 Å². The molecule has 0 aromatic carbocycles. The largest absolute Gasteiger partial charge is 0.481 e. The summed E-state index contributed by atoms with van der Waals surface area (Å²) in [4.78, 5) is 36.5. The van der Waals surface area contributed by atoms with Crippen LogP contribution in [-0.2, 0) is 25.0 Å². The number of hydrogen-bond donors (Lipinski definition) is 0. The third-order valence-electron chi connectivity index (χ3n) is 6.27. The van der Waals surface area contributed by atoms with E-state index in [1.54, 1.807) is 17.9 Å². The zero-order valence-corrected chi connectivity index (χ0v) is 18.4. The number of aryl methyl sites for hydroxylation is 1. The van der Waals surface area contributed by atoms with E-state index in [4.69, 9.17) is 9.84 Å². The molecule has 0 radical (unpaired) electrons. The molecule has 0 saturated carbocycles. The lowest BCUT2D eigenvalue weighted by Gasteiger charge is -2.24. The van der Waals surface area contributed by atoms with Crippen LogP contribution in [0.25, 0.3) is 0 Å². The number of fused-ring (bicyclic) bond motifs is 2. The maximum atomic E-state index is 12.8. The molecule has 162 valence electrons. The first-order chi connectivity index (χ1) is 15.0. The Hall–Kier alpha value is -2.85. The summed E-state index contributed by atoms with van der Waals surface area (Å²) >= 11 is 1.52. The van der Waals surface area contributed by atoms with Crippen LogP contribution in [0.15, 0.2) is 33.3 Å². The lowest BCUT2D eigenvalue weighted by Crippen LogP contribution is -2.45. The first-order valence-corrected chi connectivity index (χ1v) is 11.2. The van der Waals surface area contributed by atoms with Crippen molar-refractivity contribution in [1.82, 2.24) is 29.2 Å². The molecule has 31 heavy (non-hydrogen) atoms. The topological polar surface area (TPSA) is 95.1 Å². The fourth-order valence-corrected chi connectivity index (χ4v) is 5.37. The second-order valence-electron chi connectivity index (χ2n) is 8.26. The van der Waals surface area contributed by atoms with Gasteiger partial charge in [0.15, 0.2) is 0 Å². The molecule has 10 heteroatoms. The van der Waals surface area contributed by atoms with Gasteiger partial charge in [-0.3, -0.25) is 19.1 Å². The molecule has 0 unspecified atom stereocenters. The molecular weight excluding hydrogens is 416 g/mol. The van der Waals surface area contributed by atoms with Gasteiger partial charge in [0.25, 0.3) is 0 Å². The summed E-state index contributed by atoms with van der Waals surface area (Å²) in [6, 6.07) is 3.93. The van der Waals surface area contributed by atoms with Crippen LogP contribution in [0.2, 0.25) is 0 Å². The van der Waals surface area contributed by atoms with Crippen molar-refractivity contribution in [2.75, 3.05) is 20.2 Å². The average Bonchev–Trinajstić information content (AvgIpc) is 3.47. The Bertz CT molecular complexity index is 1250. The highest BCUT2D eigenvalue weighted by Gasteiger charge is 2.47. The molecule has 1 fully saturated rings. The first-order valence-electron chi connectivity index (χ1n) is 10.3. The van der Waals surface area contributed by atoms with Crippen LogP contribution < -0.4 is 15.9 Å². The smallest absolute Gasteiger partial charge is 0.332 e. The number of pyridine rings is 1. The zero-order chi connectivity index (χ0) is 21.6. The Morgan fingerprint density at radius 1 is 1.19 bits per heavy atom. The van der Waals surface area contributed by atoms with E-state index in [-0.39, 0.29) is 12.0 Å². The molecule has 0 aliphatic carbocycles. The van der Waals surface area contributed by atoms with Crippen molar-refractivity contribution < 1.29 is 4.74 Å². The number of hydrogen-bond acceptors (Lipinski definition) is 8. The molecule has 2 aliphatic heterocycles. The van der Waals surface area contributed by atoms with Crippen molar-refractivity contribution in [2.45, 2.75) is 44.8 Å². The molecular formula is C21H24N6O3S. The van der Waals surface area contributed by atoms with Crippen LogP contribution >= 0.6 is 11.3 Å². The Morgan fingerprint density at radius 3 is 2.81 bits per heavy atom. The molecule has 2 aliphatic rings. The van der Waals surface area contributed by atoms with E-state index >= 15 is 0 Å². The summed E-state index contributed by atoms with van der Waals surface area (Å²) in [5.41, 5.74) is 0.504. The lowest BCUT2D eigenvalue weighted by atomic mass is 9.85. The van der Waals surface area contributed by atoms with Gasteiger partial charge in [0.1, 0.15) is 5.82 Å². The van der Waals surface area contributed by atoms with E-state index in [0.717, 1.165) is 54.6 Å². The minimum atomic E-state index is -0.582. The number of aromatic nitrogens is 5. The minimum Gasteiger partial charge on any atom is -0.481 e. The van der Waals surface area contributed by atoms with Crippen molar-refractivity contribution in [2.24, 2.45) is 0 Å². The van der Waals surface area contributed by atoms with Gasteiger partial charge in [0, 0.05) is 42.2 Å². The predicted molar refractivity (Wildman–Crippen MR) is 116 cm³/mol. The third-order valence-corrected chi connectivity index (χ3v) is 7.09. The predicted octanol–water partition coefficient (Wildman–Crippen LogP) is 1.17. The van der Waals surface area contributed by atoms with Crippen LogP contribution in [-0.4, -0.2) is 49.4 Å². The van der Waals surface area contributed by atoms with Gasteiger partial charge in [0.2, 0.25) is 5.88 Å². The van der Waals surface area contributed by atoms with E-state index < -0.39 is 11.1 Å². The Morgan fingerprint density at radius 2 is 2.03 bits per heavy atom. The summed E-state index contributed by atoms with van der Waals surface area (Å²) in [5, 5.41) is 7.53. The maximum absolute atomic E-state index is 12.8. The van der Waals surface area contributed by atoms with Gasteiger partial charge in [-0.2, -0.15) is 5.10 Å². The summed E-state index contributed by atoms with van der Waals surface area (Å²) in [6.07, 6.45) is 3.44. The van der Waals surface area contributed by atoms with Gasteiger partial charge >= 0.3 is 11.1 Å². The number of thiazole rings is 1. The quantitative estimate of drug-likeness (QED) is 0.550. The van der Waals surface area contributed by atoms with Crippen molar-refractivity contribution in [3.05, 3.63) is 66.5 Å². The fourth-order valence-electron chi connectivity index (χ4n) is 4.76. The van der Waals surface area contributed by atoms with Gasteiger partial charge in [-0.1, -0.05) is 6.07 Å². The second-order valence-corrected chi connectivity index (χ2v) is 9.33. The first kappa shape index (κ1) is 20.1. The second kappa shape index (κ2) is 7.69. The molecule has 1 spiro atoms. The number of likely N-dealkylation sites (tertiary alicyclic amines) is 1. The zero-order valence-electron chi connectivity index (χ0n) is 17.6. The molecule has 3 aromatic heterocycles. The fraction of sp³-hybridized carbons (Fsp3) is 0.476. The molecule has 1 saturated heterocycles. The molecule has 9 nitrogen and oxygen atoms in total. The average molecular weight is 441 g/mol. The SMILES string of the molecule is COc1ncccc1CN1CC[C@]2(CCn3c2nn(Cc2csc(C)n2)c(=O)c3=O)C1. The van der Waals surface area contributed by atoms with Crippen LogP contribution in [0.4, 0.5) is 0 Å². The molecule has 0 amide bonds. The van der Waals surface area contributed by atoms with Crippen molar-refractivity contribution in [1.29, 1.82) is 0 Å². The summed E-state index contributed by atoms with van der Waals surface area (Å²) in [6.45, 7) is 5.07. The van der Waals surface area contributed by atoms with Crippen molar-refractivity contribution in [3.63, 3.8) is 0 Å². The normalized spacial score (nSPS) is 20.5. The van der Waals surface area contributed by atoms with Crippen LogP contribution in [0.1, 0.15) is 34.9 Å². The van der Waals surface area contributed by atoms with Gasteiger partial charge in [0.05, 0.1) is 24.4 Å². The number of ether oxygens (including phenoxy) is 1. The van der Waals surface area contributed by atoms with E-state index in [0.29, 0.717) is 12.4 Å². The molecule has 5 heterocycles. The molecule has 0 bridgehead atoms. The minimum absolute atomic E-state index is 0.220. The van der Waals surface area contributed by atoms with Gasteiger partial charge in [-0.05, 0) is 32.4 Å². The van der Waals surface area contributed by atoms with E-state index in [9.17, 15) is 9.59 Å². The monoisotopic (exact) mass is 440 g/mol. The summed E-state index contributed by atoms with van der Waals surface area (Å²) < 4.78 is 8.27. The Balaban J connectivity index is 1.44. The molecule has 3 aromatic rings. The van der Waals surface area contributed by atoms with Crippen LogP contribution in [0.5, 0.6) is 5.88 Å². The standard InChI is InChI=1S/C21H24N6O3S/c1-14-23-16(12-31-14)11-27-19(29)18(28)26-9-6-21(20(26)24-27)5-8-25(13-21)10-15-4-3-7-22-17(15)30-2/h3-4,7,12H,5-6,8-11,13H2,1-2H3/t21-/m0/s1. The number of methoxy groups -OCH3 is 1. The molecule has 5 rings (SSSR count). The molecule has 0 N–H and O–H groups in total. The summed E-state index contributed by atoms with van der Waals surface area (Å²) in [7, 11) is 1.63. The Labute approximate surface area is 183 Å². The van der Waals surface area contributed by atoms with E-state index in [1.807, 2.05) is 24.4 Å². The number of nitrogens with zero attached hydrogens (tertiary/aromatic N) is 6. The summed E-state index contributed by atoms with van der Waals surface area (Å²) in [5.74, 6) is 1.36. The van der Waals surface area contributed by atoms with Gasteiger partial charge in [-0.25, -0.2) is 14.6 Å². The highest BCUT2D eigenvalue weighted by atomic mass is 32.1. The van der Waals surface area contributed by atoms with Crippen LogP contribution in [0, 0.1) is 6.92 Å². The van der Waals surface area contributed by atoms with Crippen LogP contribution in [0.3, 0.4) is 0 Å².